The molecule has 0 aromatic carbocycles. The largest absolute Gasteiger partial charge is 2.00 e. The minimum atomic E-state index is -5.17. The summed E-state index contributed by atoms with van der Waals surface area (Å²) in [5.41, 5.74) is 0. The molecule has 6 heteroatoms. The van der Waals surface area contributed by atoms with E-state index in [0.717, 1.165) is 0 Å². The molecule has 0 aliphatic carbocycles. The van der Waals surface area contributed by atoms with Crippen LogP contribution in [-0.2, 0) is 27.5 Å². The second-order valence-corrected chi connectivity index (χ2v) is 1.22. The van der Waals surface area contributed by atoms with Gasteiger partial charge in [0.1, 0.15) is 0 Å². The maximum atomic E-state index is 8.52. The number of rotatable bonds is 0. The van der Waals surface area contributed by atoms with Crippen LogP contribution in [0.15, 0.2) is 0 Å². The van der Waals surface area contributed by atoms with Crippen molar-refractivity contribution in [1.82, 2.24) is 0 Å². The SMILES string of the molecule is O=S(=O)([O-])[O-].[Cu+2].[H+]. The maximum Gasteiger partial charge on any atom is 2.00 e. The van der Waals surface area contributed by atoms with E-state index in [0.29, 0.717) is 0 Å². The zero-order valence-electron chi connectivity index (χ0n) is 3.34. The van der Waals surface area contributed by atoms with E-state index in [4.69, 9.17) is 17.5 Å². The normalized spacial score (nSPS) is 9.67. The van der Waals surface area contributed by atoms with Crippen LogP contribution < -0.4 is 0 Å². The van der Waals surface area contributed by atoms with E-state index in [9.17, 15) is 0 Å². The van der Waals surface area contributed by atoms with Crippen molar-refractivity contribution in [2.24, 2.45) is 0 Å². The summed E-state index contributed by atoms with van der Waals surface area (Å²) in [5.74, 6) is 0. The second-order valence-electron chi connectivity index (χ2n) is 0.408. The van der Waals surface area contributed by atoms with Crippen molar-refractivity contribution in [3.8, 4) is 0 Å². The molecular formula is HCuO4S+. The van der Waals surface area contributed by atoms with Crippen molar-refractivity contribution >= 4 is 10.4 Å². The van der Waals surface area contributed by atoms with Gasteiger partial charge in [-0.05, 0) is 0 Å². The molecule has 1 radical (unpaired) electrons. The Labute approximate surface area is 47.1 Å². The van der Waals surface area contributed by atoms with Gasteiger partial charge in [-0.15, -0.1) is 0 Å². The Bertz CT molecular complexity index is 94.9. The van der Waals surface area contributed by atoms with Gasteiger partial charge in [-0.25, -0.2) is 0 Å². The predicted molar refractivity (Wildman–Crippen MR) is 11.6 cm³/mol. The van der Waals surface area contributed by atoms with E-state index in [2.05, 4.69) is 0 Å². The van der Waals surface area contributed by atoms with Gasteiger partial charge in [-0.2, -0.15) is 0 Å². The van der Waals surface area contributed by atoms with Gasteiger partial charge in [0, 0.05) is 10.4 Å². The molecule has 0 fully saturated rings. The fourth-order valence-corrected chi connectivity index (χ4v) is 0. The monoisotopic (exact) mass is 160 g/mol. The first-order valence-electron chi connectivity index (χ1n) is 0.667. The van der Waals surface area contributed by atoms with Crippen molar-refractivity contribution in [2.75, 3.05) is 0 Å². The molecule has 0 saturated carbocycles. The molecule has 0 aromatic rings. The van der Waals surface area contributed by atoms with Gasteiger partial charge in [-0.1, -0.05) is 0 Å². The van der Waals surface area contributed by atoms with Crippen molar-refractivity contribution in [1.29, 1.82) is 0 Å². The third kappa shape index (κ3) is 332. The summed E-state index contributed by atoms with van der Waals surface area (Å²) in [7, 11) is -5.17. The summed E-state index contributed by atoms with van der Waals surface area (Å²) in [6.07, 6.45) is 0. The molecule has 0 amide bonds. The molecule has 0 aromatic heterocycles. The molecule has 0 aliphatic rings. The Kier molecular flexibility index (Phi) is 4.08. The van der Waals surface area contributed by atoms with Gasteiger partial charge in [0.2, 0.25) is 0 Å². The maximum absolute atomic E-state index is 8.52. The van der Waals surface area contributed by atoms with E-state index in [1.165, 1.54) is 0 Å². The Morgan fingerprint density at radius 3 is 1.33 bits per heavy atom. The van der Waals surface area contributed by atoms with Gasteiger partial charge in [-0.3, -0.25) is 8.42 Å². The summed E-state index contributed by atoms with van der Waals surface area (Å²) in [5, 5.41) is 0. The third-order valence-corrected chi connectivity index (χ3v) is 0. The fraction of sp³-hybridized carbons (Fsp3) is 0. The zero-order valence-corrected chi connectivity index (χ0v) is 4.10. The molecule has 0 heterocycles. The van der Waals surface area contributed by atoms with Crippen LogP contribution in [0.2, 0.25) is 0 Å². The van der Waals surface area contributed by atoms with Gasteiger partial charge in [0.05, 0.1) is 0 Å². The molecule has 0 bridgehead atoms. The van der Waals surface area contributed by atoms with Gasteiger partial charge >= 0.3 is 18.5 Å². The zero-order chi connectivity index (χ0) is 4.50. The van der Waals surface area contributed by atoms with Crippen LogP contribution >= 0.6 is 0 Å². The van der Waals surface area contributed by atoms with E-state index < -0.39 is 10.4 Å². The number of hydrogen-bond acceptors (Lipinski definition) is 4. The van der Waals surface area contributed by atoms with Gasteiger partial charge in [0.15, 0.2) is 0 Å². The first-order valence-corrected chi connectivity index (χ1v) is 2.00. The van der Waals surface area contributed by atoms with E-state index in [-0.39, 0.29) is 18.5 Å². The standard InChI is InChI=1S/Cu.H2O4S/c;1-5(2,3)4/h;(H2,1,2,3,4)/q+2;/p-1. The van der Waals surface area contributed by atoms with E-state index >= 15 is 0 Å². The summed E-state index contributed by atoms with van der Waals surface area (Å²) in [6, 6.07) is 0. The minimum absolute atomic E-state index is 0. The molecule has 6 heavy (non-hydrogen) atoms. The van der Waals surface area contributed by atoms with Crippen LogP contribution in [-0.4, -0.2) is 17.5 Å². The van der Waals surface area contributed by atoms with Crippen LogP contribution in [0.25, 0.3) is 0 Å². The molecule has 0 aliphatic heterocycles. The van der Waals surface area contributed by atoms with Crippen molar-refractivity contribution in [2.45, 2.75) is 0 Å². The Balaban J connectivity index is -0.0000000800. The molecule has 41 valence electrons. The minimum Gasteiger partial charge on any atom is -0.759 e. The first-order chi connectivity index (χ1) is 2.00. The topological polar surface area (TPSA) is 80.3 Å². The number of hydrogen-bond donors (Lipinski definition) is 0. The summed E-state index contributed by atoms with van der Waals surface area (Å²) < 4.78 is 34.1. The second kappa shape index (κ2) is 2.54. The van der Waals surface area contributed by atoms with Crippen molar-refractivity contribution in [3.05, 3.63) is 0 Å². The Morgan fingerprint density at radius 1 is 1.33 bits per heavy atom. The first kappa shape index (κ1) is 9.63. The average molecular weight is 161 g/mol. The van der Waals surface area contributed by atoms with Crippen LogP contribution in [0.3, 0.4) is 0 Å². The summed E-state index contributed by atoms with van der Waals surface area (Å²) >= 11 is 0. The van der Waals surface area contributed by atoms with E-state index in [1.807, 2.05) is 0 Å². The molecule has 0 spiro atoms. The molecule has 0 N–H and O–H groups in total. The summed E-state index contributed by atoms with van der Waals surface area (Å²) in [4.78, 5) is 0. The van der Waals surface area contributed by atoms with Crippen LogP contribution in [0.4, 0.5) is 0 Å². The molecule has 0 saturated heterocycles. The average Bonchev–Trinajstić information content (AvgIpc) is 0.722. The molecule has 0 rings (SSSR count). The van der Waals surface area contributed by atoms with Gasteiger partial charge in [0.25, 0.3) is 0 Å². The predicted octanol–water partition coefficient (Wildman–Crippen LogP) is -1.23. The Hall–Kier alpha value is 0.389. The molecular weight excluding hydrogens is 160 g/mol. The van der Waals surface area contributed by atoms with Gasteiger partial charge < -0.3 is 9.11 Å². The van der Waals surface area contributed by atoms with Crippen LogP contribution in [0.5, 0.6) is 0 Å². The van der Waals surface area contributed by atoms with E-state index in [1.54, 1.807) is 0 Å². The smallest absolute Gasteiger partial charge is 0.759 e. The van der Waals surface area contributed by atoms with Crippen LogP contribution in [0, 0.1) is 0 Å². The molecule has 0 unspecified atom stereocenters. The Morgan fingerprint density at radius 2 is 1.33 bits per heavy atom. The molecule has 0 atom stereocenters. The van der Waals surface area contributed by atoms with Crippen LogP contribution in [0.1, 0.15) is 1.43 Å². The molecule has 4 nitrogen and oxygen atoms in total. The fourth-order valence-electron chi connectivity index (χ4n) is 0. The van der Waals surface area contributed by atoms with Crippen molar-refractivity contribution in [3.63, 3.8) is 0 Å². The summed E-state index contributed by atoms with van der Waals surface area (Å²) in [6.45, 7) is 0. The van der Waals surface area contributed by atoms with Crippen molar-refractivity contribution < 1.29 is 36.0 Å². The quantitative estimate of drug-likeness (QED) is 0.253. The third-order valence-electron chi connectivity index (χ3n) is 0.